The van der Waals surface area contributed by atoms with Crippen molar-refractivity contribution < 1.29 is 8.83 Å². The average molecular weight is 932 g/mol. The van der Waals surface area contributed by atoms with Gasteiger partial charge in [-0.15, -0.1) is 0 Å². The second kappa shape index (κ2) is 15.6. The Morgan fingerprint density at radius 3 is 1.59 bits per heavy atom. The molecule has 0 unspecified atom stereocenters. The van der Waals surface area contributed by atoms with Crippen LogP contribution in [-0.4, -0.2) is 4.40 Å². The predicted molar refractivity (Wildman–Crippen MR) is 299 cm³/mol. The van der Waals surface area contributed by atoms with Gasteiger partial charge in [0.15, 0.2) is 5.69 Å². The van der Waals surface area contributed by atoms with Gasteiger partial charge in [0.2, 0.25) is 0 Å². The summed E-state index contributed by atoms with van der Waals surface area (Å²) in [5.41, 5.74) is 15.8. The summed E-state index contributed by atoms with van der Waals surface area (Å²) in [5.74, 6) is 0. The Bertz CT molecular complexity index is 4820. The van der Waals surface area contributed by atoms with Gasteiger partial charge < -0.3 is 23.0 Å². The largest absolute Gasteiger partial charge is 0.456 e. The number of nitrogens with zero attached hydrogens (tertiary/aromatic N) is 5. The summed E-state index contributed by atoms with van der Waals surface area (Å²) in [6.45, 7) is 7.72. The second-order valence-electron chi connectivity index (χ2n) is 18.7. The molecule has 7 heteroatoms. The summed E-state index contributed by atoms with van der Waals surface area (Å²) in [6, 6.07) is 80.4. The lowest BCUT2D eigenvalue weighted by molar-refractivity contribution is 0.668. The van der Waals surface area contributed by atoms with Gasteiger partial charge in [-0.3, -0.25) is 0 Å². The first-order valence-electron chi connectivity index (χ1n) is 24.2. The second-order valence-corrected chi connectivity index (χ2v) is 18.7. The van der Waals surface area contributed by atoms with E-state index in [-0.39, 0.29) is 0 Å². The standard InChI is InChI=1S/C66H37N5O2/c1-68-44-19-24-46(25-20-44)69(49-27-30-54-52-11-5-7-13-61(52)72-63(54)37-49)47-23-17-43-34-57-51-29-26-48(36-60(51)71-59-32-18-42(41-9-3-2-4-10-41)33-58(59)65(66(57)71)56(43)35-47)70(45-21-15-40(39-67)16-22-45)50-28-31-55-53-12-6-8-14-62(53)73-64(55)38-50/h2-38H. The topological polar surface area (TPSA) is 65.3 Å². The highest BCUT2D eigenvalue weighted by Gasteiger charge is 2.25. The van der Waals surface area contributed by atoms with Gasteiger partial charge in [-0.05, 0) is 137 Å². The van der Waals surface area contributed by atoms with Crippen molar-refractivity contribution in [2.24, 2.45) is 0 Å². The molecule has 73 heavy (non-hydrogen) atoms. The number of hydrogen-bond donors (Lipinski definition) is 0. The molecule has 338 valence electrons. The van der Waals surface area contributed by atoms with E-state index >= 15 is 0 Å². The van der Waals surface area contributed by atoms with E-state index in [1.807, 2.05) is 84.9 Å². The SMILES string of the molecule is [C-]#[N+]c1ccc(N(c2ccc3c(c2)oc2ccccc23)c2ccc3cc4c5ccc(N(c6ccc(C#N)cc6)c6ccc7c(c6)oc6ccccc67)cc5n5c6ccc(-c7ccccc7)cc6c(c3c2)c45)cc1. The maximum absolute atomic E-state index is 9.80. The Morgan fingerprint density at radius 2 is 0.945 bits per heavy atom. The molecule has 0 aliphatic heterocycles. The van der Waals surface area contributed by atoms with Gasteiger partial charge in [-0.2, -0.15) is 5.26 Å². The van der Waals surface area contributed by atoms with Crippen molar-refractivity contribution in [2.75, 3.05) is 9.80 Å². The zero-order valence-electron chi connectivity index (χ0n) is 38.9. The summed E-state index contributed by atoms with van der Waals surface area (Å²) >= 11 is 0. The first-order valence-corrected chi connectivity index (χ1v) is 24.2. The lowest BCUT2D eigenvalue weighted by Gasteiger charge is -2.26. The minimum atomic E-state index is 0.583. The van der Waals surface area contributed by atoms with Crippen LogP contribution in [-0.2, 0) is 0 Å². The first kappa shape index (κ1) is 40.5. The fourth-order valence-corrected chi connectivity index (χ4v) is 11.4. The molecule has 0 aliphatic rings. The zero-order valence-corrected chi connectivity index (χ0v) is 38.9. The molecule has 4 heterocycles. The van der Waals surface area contributed by atoms with E-state index in [0.717, 1.165) is 127 Å². The number of rotatable bonds is 7. The molecule has 0 saturated carbocycles. The zero-order chi connectivity index (χ0) is 48.3. The maximum Gasteiger partial charge on any atom is 0.187 e. The summed E-state index contributed by atoms with van der Waals surface area (Å²) < 4.78 is 15.3. The van der Waals surface area contributed by atoms with Crippen LogP contribution < -0.4 is 9.80 Å². The van der Waals surface area contributed by atoms with Gasteiger partial charge in [0, 0.05) is 89.3 Å². The highest BCUT2D eigenvalue weighted by molar-refractivity contribution is 6.32. The van der Waals surface area contributed by atoms with Crippen LogP contribution in [0.2, 0.25) is 0 Å². The molecule has 0 N–H and O–H groups in total. The molecule has 0 saturated heterocycles. The van der Waals surface area contributed by atoms with Crippen LogP contribution in [0.5, 0.6) is 0 Å². The van der Waals surface area contributed by atoms with Gasteiger partial charge in [0.1, 0.15) is 22.3 Å². The third kappa shape index (κ3) is 6.17. The van der Waals surface area contributed by atoms with Crippen LogP contribution in [0.1, 0.15) is 5.56 Å². The number of furan rings is 2. The van der Waals surface area contributed by atoms with Crippen LogP contribution in [0, 0.1) is 17.9 Å². The smallest absolute Gasteiger partial charge is 0.187 e. The van der Waals surface area contributed by atoms with Crippen LogP contribution in [0.4, 0.5) is 39.8 Å². The quantitative estimate of drug-likeness (QED) is 0.149. The fraction of sp³-hybridized carbons (Fsp3) is 0. The van der Waals surface area contributed by atoms with E-state index in [1.165, 1.54) is 10.8 Å². The lowest BCUT2D eigenvalue weighted by Crippen LogP contribution is -2.10. The summed E-state index contributed by atoms with van der Waals surface area (Å²) in [5, 5.41) is 21.0. The maximum atomic E-state index is 9.80. The molecular weight excluding hydrogens is 895 g/mol. The highest BCUT2D eigenvalue weighted by Crippen LogP contribution is 2.48. The fourth-order valence-electron chi connectivity index (χ4n) is 11.4. The Hall–Kier alpha value is -10.3. The number of benzene rings is 11. The Kier molecular flexibility index (Phi) is 8.65. The molecule has 15 aromatic rings. The molecule has 0 amide bonds. The Labute approximate surface area is 417 Å². The minimum Gasteiger partial charge on any atom is -0.456 e. The summed E-state index contributed by atoms with van der Waals surface area (Å²) in [7, 11) is 0. The van der Waals surface area contributed by atoms with Crippen molar-refractivity contribution in [1.29, 1.82) is 5.26 Å². The van der Waals surface area contributed by atoms with Gasteiger partial charge in [-0.1, -0.05) is 97.1 Å². The van der Waals surface area contributed by atoms with Crippen molar-refractivity contribution in [3.8, 4) is 17.2 Å². The van der Waals surface area contributed by atoms with Crippen molar-refractivity contribution in [3.63, 3.8) is 0 Å². The van der Waals surface area contributed by atoms with Crippen molar-refractivity contribution in [2.45, 2.75) is 0 Å². The molecule has 7 nitrogen and oxygen atoms in total. The Morgan fingerprint density at radius 1 is 0.397 bits per heavy atom. The van der Waals surface area contributed by atoms with Gasteiger partial charge >= 0.3 is 0 Å². The predicted octanol–water partition coefficient (Wildman–Crippen LogP) is 18.8. The van der Waals surface area contributed by atoms with E-state index in [4.69, 9.17) is 15.4 Å². The summed E-state index contributed by atoms with van der Waals surface area (Å²) in [6.07, 6.45) is 0. The van der Waals surface area contributed by atoms with Crippen LogP contribution in [0.3, 0.4) is 0 Å². The average Bonchev–Trinajstić information content (AvgIpc) is 4.22. The molecule has 0 atom stereocenters. The molecule has 11 aromatic carbocycles. The number of hydrogen-bond acceptors (Lipinski definition) is 5. The third-order valence-electron chi connectivity index (χ3n) is 14.7. The molecule has 4 aromatic heterocycles. The highest BCUT2D eigenvalue weighted by atomic mass is 16.3. The van der Waals surface area contributed by atoms with Gasteiger partial charge in [0.05, 0.1) is 34.8 Å². The van der Waals surface area contributed by atoms with E-state index in [9.17, 15) is 5.26 Å². The van der Waals surface area contributed by atoms with E-state index in [2.05, 4.69) is 165 Å². The molecule has 0 spiro atoms. The van der Waals surface area contributed by atoms with Gasteiger partial charge in [-0.25, -0.2) is 4.85 Å². The monoisotopic (exact) mass is 931 g/mol. The molecule has 0 radical (unpaired) electrons. The van der Waals surface area contributed by atoms with E-state index in [1.54, 1.807) is 0 Å². The number of aromatic nitrogens is 1. The Balaban J connectivity index is 0.979. The van der Waals surface area contributed by atoms with Crippen LogP contribution in [0.15, 0.2) is 233 Å². The van der Waals surface area contributed by atoms with Crippen LogP contribution in [0.25, 0.3) is 109 Å². The molecule has 15 rings (SSSR count). The van der Waals surface area contributed by atoms with Crippen molar-refractivity contribution >= 4 is 133 Å². The molecule has 0 fully saturated rings. The third-order valence-corrected chi connectivity index (χ3v) is 14.7. The lowest BCUT2D eigenvalue weighted by atomic mass is 9.97. The molecular formula is C66H37N5O2. The number of fused-ring (bicyclic) bond motifs is 14. The molecule has 0 bridgehead atoms. The van der Waals surface area contributed by atoms with Crippen molar-refractivity contribution in [3.05, 3.63) is 241 Å². The van der Waals surface area contributed by atoms with E-state index < -0.39 is 0 Å². The number of anilines is 6. The first-order chi connectivity index (χ1) is 36.1. The van der Waals surface area contributed by atoms with Crippen LogP contribution >= 0.6 is 0 Å². The van der Waals surface area contributed by atoms with Crippen molar-refractivity contribution in [1.82, 2.24) is 4.40 Å². The van der Waals surface area contributed by atoms with E-state index in [0.29, 0.717) is 11.3 Å². The number of nitriles is 1. The minimum absolute atomic E-state index is 0.583. The normalized spacial score (nSPS) is 11.8. The summed E-state index contributed by atoms with van der Waals surface area (Å²) in [4.78, 5) is 8.22. The molecule has 0 aliphatic carbocycles. The number of para-hydroxylation sites is 2. The van der Waals surface area contributed by atoms with Gasteiger partial charge in [0.25, 0.3) is 0 Å².